The Morgan fingerprint density at radius 3 is 2.62 bits per heavy atom. The SMILES string of the molecule is C=CCCC[C@@H](NC(=O)c1ccc(C#N)cc1)C(=O)OC. The normalized spacial score (nSPS) is 11.0. The van der Waals surface area contributed by atoms with Crippen molar-refractivity contribution in [2.24, 2.45) is 0 Å². The van der Waals surface area contributed by atoms with Crippen molar-refractivity contribution >= 4 is 11.9 Å². The van der Waals surface area contributed by atoms with Crippen LogP contribution in [0.15, 0.2) is 36.9 Å². The second-order valence-corrected chi connectivity index (χ2v) is 4.46. The van der Waals surface area contributed by atoms with Gasteiger partial charge >= 0.3 is 5.97 Å². The lowest BCUT2D eigenvalue weighted by Gasteiger charge is -2.16. The van der Waals surface area contributed by atoms with Gasteiger partial charge in [0.05, 0.1) is 18.7 Å². The first-order valence-electron chi connectivity index (χ1n) is 6.62. The van der Waals surface area contributed by atoms with Gasteiger partial charge < -0.3 is 10.1 Å². The van der Waals surface area contributed by atoms with Crippen LogP contribution in [-0.2, 0) is 9.53 Å². The summed E-state index contributed by atoms with van der Waals surface area (Å²) in [4.78, 5) is 23.8. The first-order valence-corrected chi connectivity index (χ1v) is 6.62. The lowest BCUT2D eigenvalue weighted by molar-refractivity contribution is -0.143. The van der Waals surface area contributed by atoms with Crippen LogP contribution in [0, 0.1) is 11.3 Å². The molecule has 0 radical (unpaired) electrons. The van der Waals surface area contributed by atoms with E-state index in [2.05, 4.69) is 11.9 Å². The minimum Gasteiger partial charge on any atom is -0.467 e. The number of unbranched alkanes of at least 4 members (excludes halogenated alkanes) is 1. The Kier molecular flexibility index (Phi) is 6.69. The van der Waals surface area contributed by atoms with Gasteiger partial charge in [0.2, 0.25) is 0 Å². The molecule has 0 saturated heterocycles. The number of amides is 1. The van der Waals surface area contributed by atoms with Crippen LogP contribution in [0.4, 0.5) is 0 Å². The molecule has 1 aromatic carbocycles. The summed E-state index contributed by atoms with van der Waals surface area (Å²) in [5.41, 5.74) is 0.869. The number of allylic oxidation sites excluding steroid dienone is 1. The summed E-state index contributed by atoms with van der Waals surface area (Å²) >= 11 is 0. The van der Waals surface area contributed by atoms with E-state index in [1.807, 2.05) is 6.07 Å². The Hall–Kier alpha value is -2.61. The number of carbonyl (C=O) groups excluding carboxylic acids is 2. The Bertz CT molecular complexity index is 544. The highest BCUT2D eigenvalue weighted by Gasteiger charge is 2.21. The number of ether oxygens (including phenoxy) is 1. The maximum absolute atomic E-state index is 12.1. The molecular formula is C16H18N2O3. The van der Waals surface area contributed by atoms with Gasteiger partial charge in [-0.15, -0.1) is 6.58 Å². The van der Waals surface area contributed by atoms with Gasteiger partial charge in [-0.25, -0.2) is 4.79 Å². The molecule has 0 aliphatic heterocycles. The monoisotopic (exact) mass is 286 g/mol. The van der Waals surface area contributed by atoms with E-state index in [4.69, 9.17) is 10.00 Å². The van der Waals surface area contributed by atoms with Gasteiger partial charge in [-0.2, -0.15) is 5.26 Å². The highest BCUT2D eigenvalue weighted by Crippen LogP contribution is 2.07. The minimum atomic E-state index is -0.682. The summed E-state index contributed by atoms with van der Waals surface area (Å²) in [6, 6.07) is 7.50. The highest BCUT2D eigenvalue weighted by atomic mass is 16.5. The number of methoxy groups -OCH3 is 1. The van der Waals surface area contributed by atoms with Gasteiger partial charge in [-0.05, 0) is 43.5 Å². The topological polar surface area (TPSA) is 79.2 Å². The van der Waals surface area contributed by atoms with Crippen LogP contribution in [0.5, 0.6) is 0 Å². The summed E-state index contributed by atoms with van der Waals surface area (Å²) in [5.74, 6) is -0.838. The zero-order valence-corrected chi connectivity index (χ0v) is 12.0. The quantitative estimate of drug-likeness (QED) is 0.473. The standard InChI is InChI=1S/C16H18N2O3/c1-3-4-5-6-14(16(20)21-2)18-15(19)13-9-7-12(11-17)8-10-13/h3,7-10,14H,1,4-6H2,2H3,(H,18,19)/t14-/m1/s1. The largest absolute Gasteiger partial charge is 0.467 e. The number of nitrogens with zero attached hydrogens (tertiary/aromatic N) is 1. The number of esters is 1. The van der Waals surface area contributed by atoms with Crippen LogP contribution >= 0.6 is 0 Å². The number of nitrogens with one attached hydrogen (secondary N) is 1. The van der Waals surface area contributed by atoms with Gasteiger partial charge in [0.15, 0.2) is 0 Å². The molecule has 1 rings (SSSR count). The number of rotatable bonds is 7. The van der Waals surface area contributed by atoms with Gasteiger partial charge in [-0.1, -0.05) is 6.08 Å². The molecule has 0 aliphatic rings. The average molecular weight is 286 g/mol. The molecule has 0 aliphatic carbocycles. The van der Waals surface area contributed by atoms with Gasteiger partial charge in [0.1, 0.15) is 6.04 Å². The van der Waals surface area contributed by atoms with E-state index in [1.54, 1.807) is 30.3 Å². The number of hydrogen-bond donors (Lipinski definition) is 1. The van der Waals surface area contributed by atoms with Crippen molar-refractivity contribution in [1.82, 2.24) is 5.32 Å². The molecular weight excluding hydrogens is 268 g/mol. The molecule has 0 unspecified atom stereocenters. The fourth-order valence-corrected chi connectivity index (χ4v) is 1.80. The third-order valence-electron chi connectivity index (χ3n) is 2.97. The minimum absolute atomic E-state index is 0.367. The van der Waals surface area contributed by atoms with Gasteiger partial charge in [0.25, 0.3) is 5.91 Å². The average Bonchev–Trinajstić information content (AvgIpc) is 2.53. The molecule has 5 nitrogen and oxygen atoms in total. The first-order chi connectivity index (χ1) is 10.1. The lowest BCUT2D eigenvalue weighted by Crippen LogP contribution is -2.41. The molecule has 0 bridgehead atoms. The van der Waals surface area contributed by atoms with Crippen LogP contribution in [0.3, 0.4) is 0 Å². The predicted octanol–water partition coefficient (Wildman–Crippen LogP) is 2.19. The van der Waals surface area contributed by atoms with Crippen molar-refractivity contribution in [2.75, 3.05) is 7.11 Å². The van der Waals surface area contributed by atoms with E-state index >= 15 is 0 Å². The van der Waals surface area contributed by atoms with Crippen LogP contribution in [-0.4, -0.2) is 25.0 Å². The molecule has 110 valence electrons. The van der Waals surface area contributed by atoms with Crippen molar-refractivity contribution in [3.05, 3.63) is 48.0 Å². The second kappa shape index (κ2) is 8.54. The van der Waals surface area contributed by atoms with Crippen molar-refractivity contribution in [3.63, 3.8) is 0 Å². The Labute approximate surface area is 124 Å². The van der Waals surface area contributed by atoms with Crippen LogP contribution in [0.1, 0.15) is 35.2 Å². The predicted molar refractivity (Wildman–Crippen MR) is 78.5 cm³/mol. The third kappa shape index (κ3) is 5.11. The summed E-state index contributed by atoms with van der Waals surface area (Å²) in [5, 5.41) is 11.4. The maximum Gasteiger partial charge on any atom is 0.328 e. The van der Waals surface area contributed by atoms with E-state index in [-0.39, 0.29) is 5.91 Å². The Morgan fingerprint density at radius 2 is 2.10 bits per heavy atom. The van der Waals surface area contributed by atoms with E-state index in [0.29, 0.717) is 17.5 Å². The first kappa shape index (κ1) is 16.4. The van der Waals surface area contributed by atoms with Crippen LogP contribution in [0.25, 0.3) is 0 Å². The molecule has 1 amide bonds. The molecule has 5 heteroatoms. The summed E-state index contributed by atoms with van der Waals surface area (Å²) in [6.07, 6.45) is 3.74. The van der Waals surface area contributed by atoms with Gasteiger partial charge in [-0.3, -0.25) is 4.79 Å². The van der Waals surface area contributed by atoms with Crippen LogP contribution < -0.4 is 5.32 Å². The number of benzene rings is 1. The van der Waals surface area contributed by atoms with Crippen molar-refractivity contribution < 1.29 is 14.3 Å². The molecule has 0 heterocycles. The van der Waals surface area contributed by atoms with Gasteiger partial charge in [0, 0.05) is 5.56 Å². The second-order valence-electron chi connectivity index (χ2n) is 4.46. The molecule has 0 aromatic heterocycles. The van der Waals surface area contributed by atoms with Crippen LogP contribution in [0.2, 0.25) is 0 Å². The number of nitriles is 1. The molecule has 1 atom stereocenters. The molecule has 0 spiro atoms. The van der Waals surface area contributed by atoms with Crippen molar-refractivity contribution in [2.45, 2.75) is 25.3 Å². The summed E-state index contributed by atoms with van der Waals surface area (Å²) < 4.78 is 4.69. The Morgan fingerprint density at radius 1 is 1.43 bits per heavy atom. The summed E-state index contributed by atoms with van der Waals surface area (Å²) in [6.45, 7) is 3.62. The molecule has 1 N–H and O–H groups in total. The zero-order chi connectivity index (χ0) is 15.7. The third-order valence-corrected chi connectivity index (χ3v) is 2.97. The van der Waals surface area contributed by atoms with E-state index in [9.17, 15) is 9.59 Å². The Balaban J connectivity index is 2.71. The molecule has 21 heavy (non-hydrogen) atoms. The van der Waals surface area contributed by atoms with Crippen molar-refractivity contribution in [1.29, 1.82) is 5.26 Å². The lowest BCUT2D eigenvalue weighted by atomic mass is 10.1. The number of carbonyl (C=O) groups is 2. The molecule has 0 fully saturated rings. The van der Waals surface area contributed by atoms with E-state index in [0.717, 1.165) is 12.8 Å². The van der Waals surface area contributed by atoms with Crippen molar-refractivity contribution in [3.8, 4) is 6.07 Å². The molecule has 0 saturated carbocycles. The zero-order valence-electron chi connectivity index (χ0n) is 12.0. The molecule has 1 aromatic rings. The maximum atomic E-state index is 12.1. The fourth-order valence-electron chi connectivity index (χ4n) is 1.80. The van der Waals surface area contributed by atoms with E-state index in [1.165, 1.54) is 7.11 Å². The summed E-state index contributed by atoms with van der Waals surface area (Å²) in [7, 11) is 1.29. The number of hydrogen-bond acceptors (Lipinski definition) is 4. The fraction of sp³-hybridized carbons (Fsp3) is 0.312. The highest BCUT2D eigenvalue weighted by molar-refractivity contribution is 5.96. The smallest absolute Gasteiger partial charge is 0.328 e. The van der Waals surface area contributed by atoms with E-state index < -0.39 is 12.0 Å².